The minimum absolute atomic E-state index is 0.0833. The molecule has 3 rings (SSSR count). The summed E-state index contributed by atoms with van der Waals surface area (Å²) in [5, 5.41) is 9.49. The molecular weight excluding hydrogens is 348 g/mol. The smallest absolute Gasteiger partial charge is 0.252 e. The Kier molecular flexibility index (Phi) is 6.22. The molecule has 0 aliphatic carbocycles. The van der Waals surface area contributed by atoms with E-state index >= 15 is 0 Å². The van der Waals surface area contributed by atoms with Crippen LogP contribution in [0.25, 0.3) is 0 Å². The molecule has 1 atom stereocenters. The lowest BCUT2D eigenvalue weighted by molar-refractivity contribution is -0.121. The first-order chi connectivity index (χ1) is 12.7. The predicted octanol–water partition coefficient (Wildman–Crippen LogP) is 3.76. The van der Waals surface area contributed by atoms with Gasteiger partial charge in [-0.3, -0.25) is 9.59 Å². The average Bonchev–Trinajstić information content (AvgIpc) is 3.38. The second-order valence-corrected chi connectivity index (χ2v) is 6.58. The SMILES string of the molecule is O=C(CCCNC(=O)c1ccsc1)NC(c1ccccc1)c1ccco1. The van der Waals surface area contributed by atoms with E-state index < -0.39 is 0 Å². The number of furan rings is 1. The van der Waals surface area contributed by atoms with Crippen LogP contribution in [0.5, 0.6) is 0 Å². The van der Waals surface area contributed by atoms with Gasteiger partial charge in [-0.05, 0) is 35.6 Å². The highest BCUT2D eigenvalue weighted by molar-refractivity contribution is 7.08. The van der Waals surface area contributed by atoms with Gasteiger partial charge in [0.05, 0.1) is 6.26 Å². The van der Waals surface area contributed by atoms with Gasteiger partial charge < -0.3 is 15.1 Å². The minimum atomic E-state index is -0.320. The molecule has 3 aromatic rings. The van der Waals surface area contributed by atoms with Crippen molar-refractivity contribution in [2.75, 3.05) is 6.54 Å². The van der Waals surface area contributed by atoms with Gasteiger partial charge >= 0.3 is 0 Å². The largest absolute Gasteiger partial charge is 0.467 e. The molecule has 0 radical (unpaired) electrons. The van der Waals surface area contributed by atoms with Crippen LogP contribution in [0.1, 0.15) is 40.6 Å². The van der Waals surface area contributed by atoms with Crippen LogP contribution in [0.4, 0.5) is 0 Å². The number of amides is 2. The fraction of sp³-hybridized carbons (Fsp3) is 0.200. The van der Waals surface area contributed by atoms with E-state index in [1.54, 1.807) is 23.8 Å². The minimum Gasteiger partial charge on any atom is -0.467 e. The Bertz CT molecular complexity index is 814. The molecule has 1 unspecified atom stereocenters. The van der Waals surface area contributed by atoms with Gasteiger partial charge in [-0.2, -0.15) is 11.3 Å². The number of carbonyl (C=O) groups excluding carboxylic acids is 2. The number of hydrogen-bond acceptors (Lipinski definition) is 4. The lowest BCUT2D eigenvalue weighted by Gasteiger charge is -2.17. The molecule has 0 fully saturated rings. The zero-order valence-corrected chi connectivity index (χ0v) is 15.0. The maximum atomic E-state index is 12.3. The average molecular weight is 368 g/mol. The van der Waals surface area contributed by atoms with Gasteiger partial charge in [0, 0.05) is 23.9 Å². The Labute approximate surface area is 156 Å². The van der Waals surface area contributed by atoms with E-state index in [9.17, 15) is 9.59 Å². The Balaban J connectivity index is 1.50. The van der Waals surface area contributed by atoms with Crippen molar-refractivity contribution in [3.63, 3.8) is 0 Å². The molecule has 2 aromatic heterocycles. The Hall–Kier alpha value is -2.86. The van der Waals surface area contributed by atoms with Crippen molar-refractivity contribution in [3.05, 3.63) is 82.4 Å². The summed E-state index contributed by atoms with van der Waals surface area (Å²) in [7, 11) is 0. The predicted molar refractivity (Wildman–Crippen MR) is 101 cm³/mol. The summed E-state index contributed by atoms with van der Waals surface area (Å²) < 4.78 is 5.48. The molecule has 0 saturated carbocycles. The van der Waals surface area contributed by atoms with E-state index in [2.05, 4.69) is 10.6 Å². The monoisotopic (exact) mass is 368 g/mol. The number of nitrogens with one attached hydrogen (secondary N) is 2. The summed E-state index contributed by atoms with van der Waals surface area (Å²) in [5.41, 5.74) is 1.61. The molecule has 1 aromatic carbocycles. The fourth-order valence-electron chi connectivity index (χ4n) is 2.60. The van der Waals surface area contributed by atoms with E-state index in [4.69, 9.17) is 4.42 Å². The summed E-state index contributed by atoms with van der Waals surface area (Å²) in [6, 6.07) is 14.8. The van der Waals surface area contributed by atoms with Gasteiger partial charge in [0.15, 0.2) is 0 Å². The molecule has 0 bridgehead atoms. The van der Waals surface area contributed by atoms with Crippen LogP contribution in [-0.4, -0.2) is 18.4 Å². The van der Waals surface area contributed by atoms with Crippen molar-refractivity contribution in [1.29, 1.82) is 0 Å². The third-order valence-electron chi connectivity index (χ3n) is 3.92. The quantitative estimate of drug-likeness (QED) is 0.595. The zero-order valence-electron chi connectivity index (χ0n) is 14.2. The van der Waals surface area contributed by atoms with Crippen molar-refractivity contribution < 1.29 is 14.0 Å². The number of hydrogen-bond donors (Lipinski definition) is 2. The maximum absolute atomic E-state index is 12.3. The number of rotatable bonds is 8. The Morgan fingerprint density at radius 1 is 1.08 bits per heavy atom. The summed E-state index contributed by atoms with van der Waals surface area (Å²) in [5.74, 6) is 0.500. The number of thiophene rings is 1. The third kappa shape index (κ3) is 4.83. The summed E-state index contributed by atoms with van der Waals surface area (Å²) in [6.07, 6.45) is 2.49. The van der Waals surface area contributed by atoms with Gasteiger partial charge in [-0.25, -0.2) is 0 Å². The fourth-order valence-corrected chi connectivity index (χ4v) is 3.24. The molecule has 2 amide bonds. The van der Waals surface area contributed by atoms with Crippen LogP contribution in [0.15, 0.2) is 70.0 Å². The van der Waals surface area contributed by atoms with Crippen molar-refractivity contribution >= 4 is 23.2 Å². The molecular formula is C20H20N2O3S. The molecule has 0 spiro atoms. The standard InChI is InChI=1S/C20H20N2O3S/c23-18(9-4-11-21-20(24)16-10-13-26-14-16)22-19(17-8-5-12-25-17)15-6-2-1-3-7-15/h1-3,5-8,10,12-14,19H,4,9,11H2,(H,21,24)(H,22,23). The number of benzene rings is 1. The first kappa shape index (κ1) is 17.9. The van der Waals surface area contributed by atoms with Crippen molar-refractivity contribution in [2.45, 2.75) is 18.9 Å². The summed E-state index contributed by atoms with van der Waals surface area (Å²) in [4.78, 5) is 24.2. The van der Waals surface area contributed by atoms with Gasteiger partial charge in [-0.1, -0.05) is 30.3 Å². The lowest BCUT2D eigenvalue weighted by atomic mass is 10.0. The van der Waals surface area contributed by atoms with Crippen LogP contribution < -0.4 is 10.6 Å². The first-order valence-corrected chi connectivity index (χ1v) is 9.36. The lowest BCUT2D eigenvalue weighted by Crippen LogP contribution is -2.30. The molecule has 6 heteroatoms. The van der Waals surface area contributed by atoms with Crippen LogP contribution in [0, 0.1) is 0 Å². The van der Waals surface area contributed by atoms with Gasteiger partial charge in [0.1, 0.15) is 11.8 Å². The first-order valence-electron chi connectivity index (χ1n) is 8.42. The maximum Gasteiger partial charge on any atom is 0.252 e. The molecule has 5 nitrogen and oxygen atoms in total. The zero-order chi connectivity index (χ0) is 18.2. The molecule has 134 valence electrons. The topological polar surface area (TPSA) is 71.3 Å². The van der Waals surface area contributed by atoms with E-state index in [0.29, 0.717) is 30.7 Å². The normalized spacial score (nSPS) is 11.7. The second-order valence-electron chi connectivity index (χ2n) is 5.80. The summed E-state index contributed by atoms with van der Waals surface area (Å²) >= 11 is 1.48. The van der Waals surface area contributed by atoms with E-state index in [1.807, 2.05) is 41.8 Å². The highest BCUT2D eigenvalue weighted by Crippen LogP contribution is 2.22. The molecule has 0 aliphatic heterocycles. The molecule has 2 heterocycles. The summed E-state index contributed by atoms with van der Waals surface area (Å²) in [6.45, 7) is 0.457. The number of carbonyl (C=O) groups is 2. The van der Waals surface area contributed by atoms with Gasteiger partial charge in [-0.15, -0.1) is 0 Å². The van der Waals surface area contributed by atoms with E-state index in [1.165, 1.54) is 11.3 Å². The van der Waals surface area contributed by atoms with Gasteiger partial charge in [0.25, 0.3) is 5.91 Å². The van der Waals surface area contributed by atoms with Crippen LogP contribution in [-0.2, 0) is 4.79 Å². The molecule has 26 heavy (non-hydrogen) atoms. The highest BCUT2D eigenvalue weighted by Gasteiger charge is 2.19. The molecule has 0 aliphatic rings. The third-order valence-corrected chi connectivity index (χ3v) is 4.60. The Morgan fingerprint density at radius 2 is 1.92 bits per heavy atom. The highest BCUT2D eigenvalue weighted by atomic mass is 32.1. The second kappa shape index (κ2) is 9.01. The van der Waals surface area contributed by atoms with Crippen molar-refractivity contribution in [3.8, 4) is 0 Å². The van der Waals surface area contributed by atoms with Crippen molar-refractivity contribution in [2.24, 2.45) is 0 Å². The van der Waals surface area contributed by atoms with Gasteiger partial charge in [0.2, 0.25) is 5.91 Å². The molecule has 2 N–H and O–H groups in total. The Morgan fingerprint density at radius 3 is 2.62 bits per heavy atom. The van der Waals surface area contributed by atoms with Crippen LogP contribution in [0.2, 0.25) is 0 Å². The molecule has 0 saturated heterocycles. The van der Waals surface area contributed by atoms with Crippen molar-refractivity contribution in [1.82, 2.24) is 10.6 Å². The van der Waals surface area contributed by atoms with E-state index in [0.717, 1.165) is 5.56 Å². The van der Waals surface area contributed by atoms with Crippen LogP contribution in [0.3, 0.4) is 0 Å². The van der Waals surface area contributed by atoms with Crippen LogP contribution >= 0.6 is 11.3 Å². The van der Waals surface area contributed by atoms with E-state index in [-0.39, 0.29) is 17.9 Å².